The number of guanidine groups is 1. The molecule has 0 aromatic heterocycles. The van der Waals surface area contributed by atoms with Gasteiger partial charge in [0.2, 0.25) is 5.91 Å². The largest absolute Gasteiger partial charge is 0.370 e. The fraction of sp³-hybridized carbons (Fsp3) is 0.846. The third-order valence-corrected chi connectivity index (χ3v) is 3.17. The van der Waals surface area contributed by atoms with Crippen LogP contribution in [0.1, 0.15) is 46.0 Å². The molecule has 0 aliphatic heterocycles. The topological polar surface area (TPSA) is 79.5 Å². The van der Waals surface area contributed by atoms with Crippen LogP contribution in [0.2, 0.25) is 0 Å². The minimum atomic E-state index is 0.0201. The first kappa shape index (κ1) is 14.8. The summed E-state index contributed by atoms with van der Waals surface area (Å²) in [7, 11) is 0. The zero-order valence-corrected chi connectivity index (χ0v) is 11.5. The summed E-state index contributed by atoms with van der Waals surface area (Å²) >= 11 is 0. The molecular formula is C13H26N4O. The van der Waals surface area contributed by atoms with Gasteiger partial charge in [-0.05, 0) is 12.8 Å². The Morgan fingerprint density at radius 2 is 2.00 bits per heavy atom. The zero-order chi connectivity index (χ0) is 13.4. The van der Waals surface area contributed by atoms with Gasteiger partial charge in [-0.3, -0.25) is 9.79 Å². The second-order valence-electron chi connectivity index (χ2n) is 5.19. The monoisotopic (exact) mass is 254 g/mol. The Morgan fingerprint density at radius 1 is 1.33 bits per heavy atom. The van der Waals surface area contributed by atoms with Gasteiger partial charge in [0, 0.05) is 18.5 Å². The maximum atomic E-state index is 11.3. The molecule has 0 aromatic carbocycles. The quantitative estimate of drug-likeness (QED) is 0.389. The molecule has 0 atom stereocenters. The van der Waals surface area contributed by atoms with E-state index in [9.17, 15) is 4.79 Å². The normalized spacial score (nSPS) is 17.8. The lowest BCUT2D eigenvalue weighted by Crippen LogP contribution is -2.41. The number of nitrogens with zero attached hydrogens (tertiary/aromatic N) is 1. The van der Waals surface area contributed by atoms with Crippen LogP contribution in [-0.2, 0) is 4.79 Å². The van der Waals surface area contributed by atoms with Crippen molar-refractivity contribution < 1.29 is 4.79 Å². The molecule has 1 aliphatic rings. The zero-order valence-electron chi connectivity index (χ0n) is 11.5. The number of rotatable bonds is 5. The molecule has 1 fully saturated rings. The highest BCUT2D eigenvalue weighted by Gasteiger charge is 2.13. The molecule has 104 valence electrons. The average Bonchev–Trinajstić information content (AvgIpc) is 2.35. The van der Waals surface area contributed by atoms with Crippen molar-refractivity contribution in [1.29, 1.82) is 0 Å². The molecule has 0 spiro atoms. The average molecular weight is 254 g/mol. The van der Waals surface area contributed by atoms with Crippen LogP contribution in [0.15, 0.2) is 4.99 Å². The summed E-state index contributed by atoms with van der Waals surface area (Å²) in [4.78, 5) is 15.5. The first-order chi connectivity index (χ1) is 8.59. The standard InChI is InChI=1S/C13H26N4O/c1-10(2)12(18)15-8-9-16-13(14)17-11-6-4-3-5-7-11/h10-11H,3-9H2,1-2H3,(H,15,18)(H3,14,16,17). The summed E-state index contributed by atoms with van der Waals surface area (Å²) in [6, 6.07) is 0.479. The van der Waals surface area contributed by atoms with Crippen LogP contribution in [0, 0.1) is 5.92 Å². The second kappa shape index (κ2) is 7.95. The minimum Gasteiger partial charge on any atom is -0.370 e. The van der Waals surface area contributed by atoms with Crippen molar-refractivity contribution in [2.45, 2.75) is 52.0 Å². The number of aliphatic imine (C=N–C) groups is 1. The lowest BCUT2D eigenvalue weighted by molar-refractivity contribution is -0.123. The number of carbonyl (C=O) groups excluding carboxylic acids is 1. The molecule has 5 heteroatoms. The highest BCUT2D eigenvalue weighted by atomic mass is 16.1. The smallest absolute Gasteiger partial charge is 0.222 e. The third kappa shape index (κ3) is 5.89. The molecule has 1 aliphatic carbocycles. The fourth-order valence-corrected chi connectivity index (χ4v) is 2.06. The molecule has 0 bridgehead atoms. The van der Waals surface area contributed by atoms with Gasteiger partial charge in [-0.1, -0.05) is 33.1 Å². The van der Waals surface area contributed by atoms with Crippen LogP contribution in [0.25, 0.3) is 0 Å². The lowest BCUT2D eigenvalue weighted by atomic mass is 9.96. The Balaban J connectivity index is 2.15. The molecule has 18 heavy (non-hydrogen) atoms. The maximum absolute atomic E-state index is 11.3. The van der Waals surface area contributed by atoms with Crippen molar-refractivity contribution in [3.05, 3.63) is 0 Å². The van der Waals surface area contributed by atoms with Gasteiger partial charge in [0.15, 0.2) is 5.96 Å². The Hall–Kier alpha value is -1.26. The third-order valence-electron chi connectivity index (χ3n) is 3.17. The molecule has 5 nitrogen and oxygen atoms in total. The van der Waals surface area contributed by atoms with Gasteiger partial charge in [0.05, 0.1) is 6.54 Å². The number of carbonyl (C=O) groups is 1. The van der Waals surface area contributed by atoms with E-state index in [0.717, 1.165) is 0 Å². The van der Waals surface area contributed by atoms with E-state index in [0.29, 0.717) is 25.1 Å². The summed E-state index contributed by atoms with van der Waals surface area (Å²) in [5, 5.41) is 6.06. The molecule has 0 radical (unpaired) electrons. The summed E-state index contributed by atoms with van der Waals surface area (Å²) in [6.07, 6.45) is 6.24. The van der Waals surface area contributed by atoms with Crippen molar-refractivity contribution in [3.63, 3.8) is 0 Å². The van der Waals surface area contributed by atoms with Gasteiger partial charge in [0.1, 0.15) is 0 Å². The van der Waals surface area contributed by atoms with E-state index in [1.165, 1.54) is 32.1 Å². The second-order valence-corrected chi connectivity index (χ2v) is 5.19. The van der Waals surface area contributed by atoms with E-state index in [1.807, 2.05) is 13.8 Å². The Kier molecular flexibility index (Phi) is 6.54. The highest BCUT2D eigenvalue weighted by Crippen LogP contribution is 2.16. The first-order valence-electron chi connectivity index (χ1n) is 6.93. The molecule has 1 amide bonds. The van der Waals surface area contributed by atoms with Crippen molar-refractivity contribution in [3.8, 4) is 0 Å². The summed E-state index contributed by atoms with van der Waals surface area (Å²) in [6.45, 7) is 4.82. The molecule has 0 unspecified atom stereocenters. The van der Waals surface area contributed by atoms with Gasteiger partial charge < -0.3 is 16.4 Å². The molecule has 1 rings (SSSR count). The summed E-state index contributed by atoms with van der Waals surface area (Å²) in [5.41, 5.74) is 5.81. The molecule has 0 aromatic rings. The fourth-order valence-electron chi connectivity index (χ4n) is 2.06. The first-order valence-corrected chi connectivity index (χ1v) is 6.93. The number of hydrogen-bond acceptors (Lipinski definition) is 2. The van der Waals surface area contributed by atoms with Crippen molar-refractivity contribution in [1.82, 2.24) is 10.6 Å². The Labute approximate surface area is 110 Å². The van der Waals surface area contributed by atoms with Gasteiger partial charge in [-0.25, -0.2) is 0 Å². The molecule has 0 heterocycles. The van der Waals surface area contributed by atoms with Crippen LogP contribution >= 0.6 is 0 Å². The van der Waals surface area contributed by atoms with Crippen LogP contribution in [0.3, 0.4) is 0 Å². The van der Waals surface area contributed by atoms with Gasteiger partial charge in [-0.2, -0.15) is 0 Å². The van der Waals surface area contributed by atoms with Crippen molar-refractivity contribution in [2.24, 2.45) is 16.6 Å². The minimum absolute atomic E-state index is 0.0201. The van der Waals surface area contributed by atoms with Crippen LogP contribution in [0.4, 0.5) is 0 Å². The van der Waals surface area contributed by atoms with E-state index in [2.05, 4.69) is 15.6 Å². The summed E-state index contributed by atoms with van der Waals surface area (Å²) < 4.78 is 0. The number of nitrogens with one attached hydrogen (secondary N) is 2. The van der Waals surface area contributed by atoms with Crippen LogP contribution < -0.4 is 16.4 Å². The van der Waals surface area contributed by atoms with E-state index in [4.69, 9.17) is 5.73 Å². The number of nitrogens with two attached hydrogens (primary N) is 1. The molecular weight excluding hydrogens is 228 g/mol. The molecule has 4 N–H and O–H groups in total. The van der Waals surface area contributed by atoms with Crippen LogP contribution in [-0.4, -0.2) is 31.0 Å². The van der Waals surface area contributed by atoms with E-state index in [1.54, 1.807) is 0 Å². The van der Waals surface area contributed by atoms with E-state index in [-0.39, 0.29) is 11.8 Å². The molecule has 0 saturated heterocycles. The Morgan fingerprint density at radius 3 is 2.61 bits per heavy atom. The SMILES string of the molecule is CC(C)C(=O)NCCN=C(N)NC1CCCCC1. The van der Waals surface area contributed by atoms with Crippen molar-refractivity contribution >= 4 is 11.9 Å². The summed E-state index contributed by atoms with van der Waals surface area (Å²) in [5.74, 6) is 0.580. The van der Waals surface area contributed by atoms with Gasteiger partial charge >= 0.3 is 0 Å². The predicted octanol–water partition coefficient (Wildman–Crippen LogP) is 0.996. The van der Waals surface area contributed by atoms with Gasteiger partial charge in [-0.15, -0.1) is 0 Å². The Bertz CT molecular complexity index is 283. The maximum Gasteiger partial charge on any atom is 0.222 e. The lowest BCUT2D eigenvalue weighted by Gasteiger charge is -2.23. The van der Waals surface area contributed by atoms with E-state index >= 15 is 0 Å². The van der Waals surface area contributed by atoms with E-state index < -0.39 is 0 Å². The van der Waals surface area contributed by atoms with Gasteiger partial charge in [0.25, 0.3) is 0 Å². The molecule has 1 saturated carbocycles. The number of amides is 1. The number of hydrogen-bond donors (Lipinski definition) is 3. The predicted molar refractivity (Wildman–Crippen MR) is 74.3 cm³/mol. The highest BCUT2D eigenvalue weighted by molar-refractivity contribution is 5.79. The van der Waals surface area contributed by atoms with Crippen LogP contribution in [0.5, 0.6) is 0 Å². The van der Waals surface area contributed by atoms with Crippen molar-refractivity contribution in [2.75, 3.05) is 13.1 Å².